The molecule has 1 aromatic carbocycles. The highest BCUT2D eigenvalue weighted by atomic mass is 35.5. The molecular formula is C12H16ClNO2. The largest absolute Gasteiger partial charge is 0.396 e. The van der Waals surface area contributed by atoms with E-state index < -0.39 is 5.92 Å². The van der Waals surface area contributed by atoms with Gasteiger partial charge in [0, 0.05) is 0 Å². The summed E-state index contributed by atoms with van der Waals surface area (Å²) in [7, 11) is 0. The van der Waals surface area contributed by atoms with E-state index in [-0.39, 0.29) is 18.4 Å². The number of nitrogens with one attached hydrogen (secondary N) is 1. The molecule has 0 saturated heterocycles. The number of amides is 1. The molecule has 0 aliphatic carbocycles. The van der Waals surface area contributed by atoms with Crippen molar-refractivity contribution in [3.05, 3.63) is 29.3 Å². The molecule has 4 heteroatoms. The van der Waals surface area contributed by atoms with E-state index in [4.69, 9.17) is 16.7 Å². The fraction of sp³-hybridized carbons (Fsp3) is 0.417. The zero-order valence-corrected chi connectivity index (χ0v) is 10.2. The van der Waals surface area contributed by atoms with Gasteiger partial charge in [0.1, 0.15) is 0 Å². The molecule has 0 heterocycles. The van der Waals surface area contributed by atoms with Crippen molar-refractivity contribution in [3.63, 3.8) is 0 Å². The van der Waals surface area contributed by atoms with E-state index in [0.29, 0.717) is 10.7 Å². The number of hydrogen-bond acceptors (Lipinski definition) is 2. The number of carbonyl (C=O) groups is 1. The molecule has 2 N–H and O–H groups in total. The quantitative estimate of drug-likeness (QED) is 0.851. The summed E-state index contributed by atoms with van der Waals surface area (Å²) in [5.41, 5.74) is 0.577. The van der Waals surface area contributed by atoms with Gasteiger partial charge in [-0.25, -0.2) is 0 Å². The van der Waals surface area contributed by atoms with Crippen LogP contribution in [0, 0.1) is 11.8 Å². The van der Waals surface area contributed by atoms with Crippen LogP contribution in [0.2, 0.25) is 5.02 Å². The third-order valence-electron chi connectivity index (χ3n) is 2.47. The van der Waals surface area contributed by atoms with Crippen LogP contribution in [-0.2, 0) is 4.79 Å². The maximum Gasteiger partial charge on any atom is 0.230 e. The Morgan fingerprint density at radius 1 is 1.44 bits per heavy atom. The molecular weight excluding hydrogens is 226 g/mol. The van der Waals surface area contributed by atoms with Gasteiger partial charge in [0.2, 0.25) is 5.91 Å². The third-order valence-corrected chi connectivity index (χ3v) is 2.80. The first-order chi connectivity index (χ1) is 7.56. The SMILES string of the molecule is CC(C)C(CO)C(=O)Nc1ccccc1Cl. The van der Waals surface area contributed by atoms with Gasteiger partial charge in [-0.2, -0.15) is 0 Å². The van der Waals surface area contributed by atoms with Crippen LogP contribution >= 0.6 is 11.6 Å². The van der Waals surface area contributed by atoms with Crippen molar-refractivity contribution in [1.29, 1.82) is 0 Å². The molecule has 0 aliphatic heterocycles. The fourth-order valence-corrected chi connectivity index (χ4v) is 1.57. The normalized spacial score (nSPS) is 12.6. The Morgan fingerprint density at radius 2 is 2.06 bits per heavy atom. The lowest BCUT2D eigenvalue weighted by molar-refractivity contribution is -0.122. The van der Waals surface area contributed by atoms with Crippen LogP contribution in [-0.4, -0.2) is 17.6 Å². The van der Waals surface area contributed by atoms with Crippen molar-refractivity contribution < 1.29 is 9.90 Å². The average Bonchev–Trinajstić information content (AvgIpc) is 2.22. The molecule has 0 saturated carbocycles. The number of hydrogen-bond donors (Lipinski definition) is 2. The minimum atomic E-state index is -0.406. The summed E-state index contributed by atoms with van der Waals surface area (Å²) in [6.45, 7) is 3.63. The van der Waals surface area contributed by atoms with Gasteiger partial charge in [-0.15, -0.1) is 0 Å². The van der Waals surface area contributed by atoms with Crippen LogP contribution in [0.15, 0.2) is 24.3 Å². The van der Waals surface area contributed by atoms with Gasteiger partial charge in [-0.1, -0.05) is 37.6 Å². The van der Waals surface area contributed by atoms with Gasteiger partial charge in [-0.05, 0) is 18.1 Å². The van der Waals surface area contributed by atoms with Gasteiger partial charge in [0.25, 0.3) is 0 Å². The van der Waals surface area contributed by atoms with E-state index in [2.05, 4.69) is 5.32 Å². The van der Waals surface area contributed by atoms with Crippen molar-refractivity contribution in [3.8, 4) is 0 Å². The predicted octanol–water partition coefficient (Wildman–Crippen LogP) is 2.54. The van der Waals surface area contributed by atoms with Crippen molar-refractivity contribution in [2.75, 3.05) is 11.9 Å². The lowest BCUT2D eigenvalue weighted by atomic mass is 9.96. The Morgan fingerprint density at radius 3 is 2.56 bits per heavy atom. The Hall–Kier alpha value is -1.06. The summed E-state index contributed by atoms with van der Waals surface area (Å²) in [4.78, 5) is 11.8. The summed E-state index contributed by atoms with van der Waals surface area (Å²) in [5, 5.41) is 12.3. The molecule has 16 heavy (non-hydrogen) atoms. The van der Waals surface area contributed by atoms with Crippen LogP contribution in [0.4, 0.5) is 5.69 Å². The number of rotatable bonds is 4. The third kappa shape index (κ3) is 3.22. The second-order valence-electron chi connectivity index (χ2n) is 4.00. The zero-order valence-electron chi connectivity index (χ0n) is 9.40. The number of aliphatic hydroxyl groups is 1. The van der Waals surface area contributed by atoms with E-state index >= 15 is 0 Å². The zero-order chi connectivity index (χ0) is 12.1. The molecule has 0 aliphatic rings. The van der Waals surface area contributed by atoms with E-state index in [1.807, 2.05) is 13.8 Å². The summed E-state index contributed by atoms with van der Waals surface area (Å²) < 4.78 is 0. The molecule has 1 amide bonds. The van der Waals surface area contributed by atoms with Gasteiger partial charge < -0.3 is 10.4 Å². The minimum Gasteiger partial charge on any atom is -0.396 e. The maximum atomic E-state index is 11.8. The molecule has 0 spiro atoms. The van der Waals surface area contributed by atoms with Gasteiger partial charge in [0.05, 0.1) is 23.2 Å². The van der Waals surface area contributed by atoms with Crippen molar-refractivity contribution in [2.24, 2.45) is 11.8 Å². The van der Waals surface area contributed by atoms with Gasteiger partial charge in [0.15, 0.2) is 0 Å². The first kappa shape index (κ1) is 13.0. The lowest BCUT2D eigenvalue weighted by Gasteiger charge is -2.18. The number of benzene rings is 1. The molecule has 0 fully saturated rings. The Labute approximate surface area is 100 Å². The predicted molar refractivity (Wildman–Crippen MR) is 65.5 cm³/mol. The first-order valence-corrected chi connectivity index (χ1v) is 5.60. The lowest BCUT2D eigenvalue weighted by Crippen LogP contribution is -2.29. The molecule has 1 atom stereocenters. The fourth-order valence-electron chi connectivity index (χ4n) is 1.38. The maximum absolute atomic E-state index is 11.8. The van der Waals surface area contributed by atoms with Crippen LogP contribution in [0.5, 0.6) is 0 Å². The summed E-state index contributed by atoms with van der Waals surface area (Å²) in [5.74, 6) is -0.519. The summed E-state index contributed by atoms with van der Waals surface area (Å²) in [6, 6.07) is 7.03. The highest BCUT2D eigenvalue weighted by molar-refractivity contribution is 6.33. The van der Waals surface area contributed by atoms with Crippen molar-refractivity contribution >= 4 is 23.2 Å². The number of carbonyl (C=O) groups excluding carboxylic acids is 1. The second kappa shape index (κ2) is 5.87. The Balaban J connectivity index is 2.74. The van der Waals surface area contributed by atoms with E-state index in [9.17, 15) is 4.79 Å². The Bertz CT molecular complexity index is 366. The van der Waals surface area contributed by atoms with Crippen LogP contribution in [0.3, 0.4) is 0 Å². The van der Waals surface area contributed by atoms with Crippen LogP contribution in [0.1, 0.15) is 13.8 Å². The highest BCUT2D eigenvalue weighted by Crippen LogP contribution is 2.22. The molecule has 3 nitrogen and oxygen atoms in total. The second-order valence-corrected chi connectivity index (χ2v) is 4.41. The highest BCUT2D eigenvalue weighted by Gasteiger charge is 2.21. The van der Waals surface area contributed by atoms with E-state index in [0.717, 1.165) is 0 Å². The number of para-hydroxylation sites is 1. The summed E-state index contributed by atoms with van der Waals surface area (Å²) >= 11 is 5.92. The number of halogens is 1. The van der Waals surface area contributed by atoms with E-state index in [1.165, 1.54) is 0 Å². The molecule has 88 valence electrons. The summed E-state index contributed by atoms with van der Waals surface area (Å²) in [6.07, 6.45) is 0. The van der Waals surface area contributed by atoms with Crippen molar-refractivity contribution in [1.82, 2.24) is 0 Å². The Kier molecular flexibility index (Phi) is 4.77. The smallest absolute Gasteiger partial charge is 0.230 e. The van der Waals surface area contributed by atoms with Crippen molar-refractivity contribution in [2.45, 2.75) is 13.8 Å². The monoisotopic (exact) mass is 241 g/mol. The van der Waals surface area contributed by atoms with Crippen LogP contribution < -0.4 is 5.32 Å². The topological polar surface area (TPSA) is 49.3 Å². The van der Waals surface area contributed by atoms with E-state index in [1.54, 1.807) is 24.3 Å². The molecule has 0 radical (unpaired) electrons. The minimum absolute atomic E-state index is 0.0903. The molecule has 0 aromatic heterocycles. The standard InChI is InChI=1S/C12H16ClNO2/c1-8(2)9(7-15)12(16)14-11-6-4-3-5-10(11)13/h3-6,8-9,15H,7H2,1-2H3,(H,14,16). The van der Waals surface area contributed by atoms with Crippen LogP contribution in [0.25, 0.3) is 0 Å². The number of aliphatic hydroxyl groups excluding tert-OH is 1. The molecule has 0 bridgehead atoms. The molecule has 1 rings (SSSR count). The van der Waals surface area contributed by atoms with Gasteiger partial charge in [-0.3, -0.25) is 4.79 Å². The average molecular weight is 242 g/mol. The van der Waals surface area contributed by atoms with Gasteiger partial charge >= 0.3 is 0 Å². The first-order valence-electron chi connectivity index (χ1n) is 5.22. The molecule has 1 aromatic rings. The number of anilines is 1. The molecule has 1 unspecified atom stereocenters.